The van der Waals surface area contributed by atoms with Crippen LogP contribution >= 0.6 is 0 Å². The number of hydrogen-bond acceptors (Lipinski definition) is 2. The average molecular weight is 847 g/mol. The first-order valence-corrected chi connectivity index (χ1v) is 25.8. The van der Waals surface area contributed by atoms with Gasteiger partial charge in [-0.05, 0) is 333 Å². The predicted molar refractivity (Wildman–Crippen MR) is 288 cm³/mol. The molecular weight excluding hydrogens is 837 g/mol. The molecule has 5 aliphatic carbocycles. The molecule has 0 saturated heterocycles. The summed E-state index contributed by atoms with van der Waals surface area (Å²) in [5.41, 5.74) is 6.74. The SMILES string of the molecule is CC(=O)OC1C=C(C)CC23c4c5c6c7c8c9c(c%10c%11c2c2c4c4c%12c5c5c6c6c8c8c%13c9c9c%10c%10c%11c%11c2c2c4c4c%12c%12c5c5c6c8c6c8c%13c9c9c%10c%10c%11c2c2c4c4c%12c5c6c5c8c9c%10c2c45)C713. The minimum atomic E-state index is -0.608. The van der Waals surface area contributed by atoms with E-state index < -0.39 is 16.9 Å². The third-order valence-corrected chi connectivity index (χ3v) is 25.3. The highest BCUT2D eigenvalue weighted by Gasteiger charge is 2.73. The molecule has 2 nitrogen and oxygen atoms in total. The van der Waals surface area contributed by atoms with Crippen LogP contribution in [-0.4, -0.2) is 12.1 Å². The molecular formula is C67H10O2. The van der Waals surface area contributed by atoms with E-state index in [1.807, 2.05) is 0 Å². The van der Waals surface area contributed by atoms with E-state index in [0.717, 1.165) is 6.42 Å². The summed E-state index contributed by atoms with van der Waals surface area (Å²) < 4.78 is 7.26. The third kappa shape index (κ3) is 1.35. The molecule has 2 spiro atoms. The van der Waals surface area contributed by atoms with Gasteiger partial charge in [0.2, 0.25) is 0 Å². The molecule has 0 aromatic heterocycles. The highest BCUT2D eigenvalue weighted by atomic mass is 16.5. The summed E-state index contributed by atoms with van der Waals surface area (Å²) in [6.07, 6.45) is 3.01. The van der Waals surface area contributed by atoms with Crippen molar-refractivity contribution in [3.63, 3.8) is 0 Å². The molecule has 0 bridgehead atoms. The van der Waals surface area contributed by atoms with Crippen LogP contribution in [0.2, 0.25) is 0 Å². The van der Waals surface area contributed by atoms with Crippen LogP contribution < -0.4 is 0 Å². The predicted octanol–water partition coefficient (Wildman–Crippen LogP) is 17.6. The molecule has 5 aliphatic rings. The number of esters is 1. The van der Waals surface area contributed by atoms with Crippen molar-refractivity contribution in [1.82, 2.24) is 0 Å². The van der Waals surface area contributed by atoms with Gasteiger partial charge in [0.15, 0.2) is 0 Å². The van der Waals surface area contributed by atoms with Crippen LogP contribution in [0.25, 0.3) is 291 Å². The van der Waals surface area contributed by atoms with Crippen molar-refractivity contribution in [1.29, 1.82) is 0 Å². The fraction of sp³-hybridized carbons (Fsp3) is 0.0896. The maximum atomic E-state index is 14.3. The minimum Gasteiger partial charge on any atom is -0.457 e. The number of carbonyl (C=O) groups is 1. The zero-order valence-corrected chi connectivity index (χ0v) is 35.7. The van der Waals surface area contributed by atoms with Gasteiger partial charge in [-0.15, -0.1) is 0 Å². The highest BCUT2D eigenvalue weighted by Crippen LogP contribution is 2.86. The molecule has 0 radical (unpaired) electrons. The van der Waals surface area contributed by atoms with Crippen molar-refractivity contribution in [2.45, 2.75) is 37.2 Å². The number of allylic oxidation sites excluding steroid dienone is 1. The molecule has 0 N–H and O–H groups in total. The molecule has 28 aromatic carbocycles. The molecule has 33 rings (SSSR count). The maximum absolute atomic E-state index is 14.3. The Morgan fingerprint density at radius 1 is 0.319 bits per heavy atom. The van der Waals surface area contributed by atoms with Gasteiger partial charge in [0.05, 0.1) is 5.41 Å². The Bertz CT molecular complexity index is 7060. The fourth-order valence-electron chi connectivity index (χ4n) is 25.5. The average Bonchev–Trinajstić information content (AvgIpc) is 4.27. The first-order chi connectivity index (χ1) is 34.2. The lowest BCUT2D eigenvalue weighted by molar-refractivity contribution is -0.148. The Balaban J connectivity index is 1.22. The summed E-state index contributed by atoms with van der Waals surface area (Å²) in [4.78, 5) is 14.3. The molecule has 28 aromatic rings. The normalized spacial score (nSPS) is 23.9. The number of hydrogen-bond donors (Lipinski definition) is 0. The van der Waals surface area contributed by atoms with Gasteiger partial charge in [-0.1, -0.05) is 5.57 Å². The minimum absolute atomic E-state index is 0.154. The van der Waals surface area contributed by atoms with Gasteiger partial charge in [-0.3, -0.25) is 4.79 Å². The van der Waals surface area contributed by atoms with E-state index in [2.05, 4.69) is 13.0 Å². The van der Waals surface area contributed by atoms with Gasteiger partial charge >= 0.3 is 5.97 Å². The zero-order valence-electron chi connectivity index (χ0n) is 35.7. The van der Waals surface area contributed by atoms with Gasteiger partial charge in [-0.25, -0.2) is 0 Å². The molecule has 2 heteroatoms. The van der Waals surface area contributed by atoms with Crippen LogP contribution in [0.15, 0.2) is 11.6 Å². The van der Waals surface area contributed by atoms with Gasteiger partial charge in [0.1, 0.15) is 6.10 Å². The van der Waals surface area contributed by atoms with Gasteiger partial charge < -0.3 is 4.74 Å². The monoisotopic (exact) mass is 846 g/mol. The third-order valence-electron chi connectivity index (χ3n) is 25.3. The molecule has 1 atom stereocenters. The molecule has 0 amide bonds. The van der Waals surface area contributed by atoms with Gasteiger partial charge in [0, 0.05) is 12.3 Å². The second kappa shape index (κ2) is 5.71. The Hall–Kier alpha value is -8.33. The maximum Gasteiger partial charge on any atom is 0.303 e. The number of rotatable bonds is 1. The smallest absolute Gasteiger partial charge is 0.303 e. The van der Waals surface area contributed by atoms with E-state index in [1.165, 1.54) is 5.57 Å². The molecule has 69 heavy (non-hydrogen) atoms. The van der Waals surface area contributed by atoms with Gasteiger partial charge in [0.25, 0.3) is 0 Å². The summed E-state index contributed by atoms with van der Waals surface area (Å²) >= 11 is 0. The first kappa shape index (κ1) is 25.7. The molecule has 290 valence electrons. The summed E-state index contributed by atoms with van der Waals surface area (Å²) in [6.45, 7) is 4.10. The summed E-state index contributed by atoms with van der Waals surface area (Å²) in [5.74, 6) is -0.154. The second-order valence-electron chi connectivity index (χ2n) is 25.7. The largest absolute Gasteiger partial charge is 0.457 e. The van der Waals surface area contributed by atoms with Crippen LogP contribution in [0.3, 0.4) is 0 Å². The standard InChI is InChI=1S/C67H10O2/c1-5-3-7(69-6(2)68)67-64-58-52-42-30-22-14-10-8-9-12-16(14)24(30)34-28-20(12)21-13(9)17-15-11(8)19-18(10)26-32(22)40-46-36(26)37-27(19)33-23(15)31-25(17)35-29(21)39-38(28)50(44(34)52)60(64)61-51(39)45(35)53-43(31)49-41(33)47(37)55-54(46)62(56(58)48(40)42)66(67,4-5)63(55)57(49)59(53)65(61)67/h3,7H,4H2,1-2H3. The van der Waals surface area contributed by atoms with E-state index in [-0.39, 0.29) is 5.97 Å². The van der Waals surface area contributed by atoms with E-state index in [9.17, 15) is 4.79 Å². The topological polar surface area (TPSA) is 26.3 Å². The van der Waals surface area contributed by atoms with Crippen molar-refractivity contribution in [2.75, 3.05) is 0 Å². The molecule has 0 saturated carbocycles. The lowest BCUT2D eigenvalue weighted by Gasteiger charge is -2.58. The first-order valence-electron chi connectivity index (χ1n) is 25.8. The van der Waals surface area contributed by atoms with E-state index in [1.54, 1.807) is 320 Å². The Kier molecular flexibility index (Phi) is 2.13. The zero-order chi connectivity index (χ0) is 41.3. The number of ether oxygens (including phenoxy) is 1. The van der Waals surface area contributed by atoms with Crippen LogP contribution in [0.4, 0.5) is 0 Å². The lowest BCUT2D eigenvalue weighted by atomic mass is 9.43. The van der Waals surface area contributed by atoms with E-state index in [0.29, 0.717) is 0 Å². The summed E-state index contributed by atoms with van der Waals surface area (Å²) in [5, 5.41) is 86.6. The van der Waals surface area contributed by atoms with Crippen LogP contribution in [0.1, 0.15) is 42.5 Å². The number of benzene rings is 18. The quantitative estimate of drug-likeness (QED) is 0.0935. The van der Waals surface area contributed by atoms with Crippen molar-refractivity contribution in [2.24, 2.45) is 0 Å². The van der Waals surface area contributed by atoms with Gasteiger partial charge in [-0.2, -0.15) is 0 Å². The van der Waals surface area contributed by atoms with Crippen molar-refractivity contribution >= 4 is 297 Å². The Labute approximate surface area is 375 Å². The Morgan fingerprint density at radius 2 is 0.493 bits per heavy atom. The van der Waals surface area contributed by atoms with E-state index in [4.69, 9.17) is 4.74 Å². The van der Waals surface area contributed by atoms with Crippen LogP contribution in [-0.2, 0) is 20.4 Å². The molecule has 0 aliphatic heterocycles. The van der Waals surface area contributed by atoms with Crippen LogP contribution in [0.5, 0.6) is 0 Å². The summed E-state index contributed by atoms with van der Waals surface area (Å²) in [6, 6.07) is 0. The van der Waals surface area contributed by atoms with Crippen molar-refractivity contribution < 1.29 is 9.53 Å². The Morgan fingerprint density at radius 3 is 0.681 bits per heavy atom. The van der Waals surface area contributed by atoms with Crippen LogP contribution in [0, 0.1) is 0 Å². The van der Waals surface area contributed by atoms with Crippen molar-refractivity contribution in [3.05, 3.63) is 33.9 Å². The highest BCUT2D eigenvalue weighted by molar-refractivity contribution is 6.82. The summed E-state index contributed by atoms with van der Waals surface area (Å²) in [7, 11) is 0. The molecule has 0 heterocycles. The second-order valence-corrected chi connectivity index (χ2v) is 25.7. The number of carbonyl (C=O) groups excluding carboxylic acids is 1. The van der Waals surface area contributed by atoms with E-state index >= 15 is 0 Å². The fourth-order valence-corrected chi connectivity index (χ4v) is 25.5. The molecule has 1 unspecified atom stereocenters. The van der Waals surface area contributed by atoms with Crippen molar-refractivity contribution in [3.8, 4) is 0 Å². The lowest BCUT2D eigenvalue weighted by Crippen LogP contribution is -2.60. The molecule has 0 fully saturated rings.